The summed E-state index contributed by atoms with van der Waals surface area (Å²) >= 11 is 0. The predicted octanol–water partition coefficient (Wildman–Crippen LogP) is 5.82. The Kier molecular flexibility index (Phi) is 11.0. The second-order valence-corrected chi connectivity index (χ2v) is 10.1. The number of anilines is 1. The first-order chi connectivity index (χ1) is 17.9. The number of carbonyl (C=O) groups is 2. The zero-order chi connectivity index (χ0) is 26.8. The minimum atomic E-state index is -1.32. The van der Waals surface area contributed by atoms with E-state index in [1.54, 1.807) is 10.6 Å². The summed E-state index contributed by atoms with van der Waals surface area (Å²) in [6, 6.07) is 2.77. The number of pyridine rings is 1. The number of nitrogens with zero attached hydrogens (tertiary/aromatic N) is 3. The number of halogens is 1. The summed E-state index contributed by atoms with van der Waals surface area (Å²) in [7, 11) is 0. The molecule has 0 bridgehead atoms. The molecule has 1 fully saturated rings. The van der Waals surface area contributed by atoms with Crippen LogP contribution in [-0.2, 0) is 11.3 Å². The van der Waals surface area contributed by atoms with E-state index < -0.39 is 17.2 Å². The van der Waals surface area contributed by atoms with Gasteiger partial charge in [0.1, 0.15) is 11.4 Å². The molecule has 1 saturated heterocycles. The van der Waals surface area contributed by atoms with Gasteiger partial charge in [0.15, 0.2) is 0 Å². The lowest BCUT2D eigenvalue weighted by molar-refractivity contribution is -0.131. The Bertz CT molecular complexity index is 1120. The summed E-state index contributed by atoms with van der Waals surface area (Å²) in [5.74, 6) is -1.71. The molecule has 0 atom stereocenters. The Morgan fingerprint density at radius 2 is 1.49 bits per heavy atom. The molecule has 8 heteroatoms. The first kappa shape index (κ1) is 28.7. The van der Waals surface area contributed by atoms with E-state index >= 15 is 4.39 Å². The summed E-state index contributed by atoms with van der Waals surface area (Å²) in [6.07, 6.45) is 14.2. The van der Waals surface area contributed by atoms with E-state index in [2.05, 4.69) is 6.92 Å². The monoisotopic (exact) mass is 515 g/mol. The number of aromatic nitrogens is 1. The second kappa shape index (κ2) is 14.1. The van der Waals surface area contributed by atoms with E-state index in [4.69, 9.17) is 0 Å². The van der Waals surface area contributed by atoms with Crippen LogP contribution in [0.25, 0.3) is 10.9 Å². The third-order valence-electron chi connectivity index (χ3n) is 7.44. The Morgan fingerprint density at radius 1 is 0.892 bits per heavy atom. The standard InChI is InChI=1S/C29H42FN3O4/c1-3-5-6-7-8-9-10-11-12-13-14-27(34)33-17-15-32(16-18-33)26-20-25-22(19-24(26)30)28(35)23(29(36)37)21-31(25)4-2/h19-21H,3-18H2,1-2H3,(H,36,37). The van der Waals surface area contributed by atoms with Crippen LogP contribution in [-0.4, -0.2) is 52.6 Å². The number of aromatic carboxylic acids is 1. The molecule has 1 amide bonds. The fraction of sp³-hybridized carbons (Fsp3) is 0.621. The van der Waals surface area contributed by atoms with Gasteiger partial charge in [-0.2, -0.15) is 0 Å². The Morgan fingerprint density at radius 3 is 2.05 bits per heavy atom. The van der Waals surface area contributed by atoms with Crippen molar-refractivity contribution in [2.75, 3.05) is 31.1 Å². The number of hydrogen-bond donors (Lipinski definition) is 1. The molecule has 2 aromatic rings. The lowest BCUT2D eigenvalue weighted by Gasteiger charge is -2.36. The van der Waals surface area contributed by atoms with Crippen LogP contribution in [0.15, 0.2) is 23.1 Å². The van der Waals surface area contributed by atoms with Crippen LogP contribution in [0.4, 0.5) is 10.1 Å². The summed E-state index contributed by atoms with van der Waals surface area (Å²) in [5.41, 5.74) is -0.164. The van der Waals surface area contributed by atoms with Crippen LogP contribution < -0.4 is 10.3 Å². The van der Waals surface area contributed by atoms with Crippen molar-refractivity contribution in [3.63, 3.8) is 0 Å². The normalized spacial score (nSPS) is 13.9. The van der Waals surface area contributed by atoms with Gasteiger partial charge in [0.2, 0.25) is 11.3 Å². The van der Waals surface area contributed by atoms with Crippen LogP contribution in [0.1, 0.15) is 94.8 Å². The van der Waals surface area contributed by atoms with Gasteiger partial charge >= 0.3 is 5.97 Å². The van der Waals surface area contributed by atoms with Crippen molar-refractivity contribution in [3.8, 4) is 0 Å². The van der Waals surface area contributed by atoms with Crippen LogP contribution in [0, 0.1) is 5.82 Å². The Hall–Kier alpha value is -2.90. The summed E-state index contributed by atoms with van der Waals surface area (Å²) in [4.78, 5) is 40.5. The van der Waals surface area contributed by atoms with Crippen molar-refractivity contribution >= 4 is 28.5 Å². The van der Waals surface area contributed by atoms with E-state index in [0.29, 0.717) is 50.3 Å². The van der Waals surface area contributed by atoms with Gasteiger partial charge in [0.25, 0.3) is 0 Å². The number of hydrogen-bond acceptors (Lipinski definition) is 4. The predicted molar refractivity (Wildman–Crippen MR) is 146 cm³/mol. The number of carboxylic acids is 1. The van der Waals surface area contributed by atoms with Crippen LogP contribution >= 0.6 is 0 Å². The van der Waals surface area contributed by atoms with Gasteiger partial charge < -0.3 is 19.5 Å². The average Bonchev–Trinajstić information content (AvgIpc) is 2.89. The van der Waals surface area contributed by atoms with Gasteiger partial charge in [-0.25, -0.2) is 9.18 Å². The Labute approximate surface area is 219 Å². The maximum atomic E-state index is 15.1. The highest BCUT2D eigenvalue weighted by Gasteiger charge is 2.24. The van der Waals surface area contributed by atoms with Crippen molar-refractivity contribution in [3.05, 3.63) is 39.9 Å². The first-order valence-corrected chi connectivity index (χ1v) is 14.0. The van der Waals surface area contributed by atoms with Crippen LogP contribution in [0.2, 0.25) is 0 Å². The van der Waals surface area contributed by atoms with Gasteiger partial charge in [-0.3, -0.25) is 9.59 Å². The summed E-state index contributed by atoms with van der Waals surface area (Å²) in [6.45, 7) is 6.62. The molecule has 2 heterocycles. The Balaban J connectivity index is 1.50. The van der Waals surface area contributed by atoms with Gasteiger partial charge in [-0.05, 0) is 25.5 Å². The molecule has 7 nitrogen and oxygen atoms in total. The third kappa shape index (κ3) is 7.55. The lowest BCUT2D eigenvalue weighted by Crippen LogP contribution is -2.49. The minimum Gasteiger partial charge on any atom is -0.477 e. The van der Waals surface area contributed by atoms with E-state index in [1.165, 1.54) is 57.6 Å². The molecule has 1 aromatic heterocycles. The average molecular weight is 516 g/mol. The number of piperazine rings is 1. The highest BCUT2D eigenvalue weighted by Crippen LogP contribution is 2.26. The molecule has 0 aliphatic carbocycles. The van der Waals surface area contributed by atoms with Crippen molar-refractivity contribution in [1.82, 2.24) is 9.47 Å². The van der Waals surface area contributed by atoms with Gasteiger partial charge in [-0.15, -0.1) is 0 Å². The molecule has 1 aromatic carbocycles. The number of carbonyl (C=O) groups excluding carboxylic acids is 1. The molecule has 0 unspecified atom stereocenters. The lowest BCUT2D eigenvalue weighted by atomic mass is 10.1. The SMILES string of the molecule is CCCCCCCCCCCCC(=O)N1CCN(c2cc3c(cc2F)c(=O)c(C(=O)O)cn3CC)CC1. The summed E-state index contributed by atoms with van der Waals surface area (Å²) in [5, 5.41) is 9.39. The van der Waals surface area contributed by atoms with E-state index in [0.717, 1.165) is 18.9 Å². The van der Waals surface area contributed by atoms with E-state index in [-0.39, 0.29) is 16.9 Å². The quantitative estimate of drug-likeness (QED) is 0.321. The topological polar surface area (TPSA) is 82.8 Å². The minimum absolute atomic E-state index is 0.0632. The molecular formula is C29H42FN3O4. The van der Waals surface area contributed by atoms with Crippen molar-refractivity contribution in [2.24, 2.45) is 0 Å². The molecule has 37 heavy (non-hydrogen) atoms. The fourth-order valence-electron chi connectivity index (χ4n) is 5.17. The molecule has 1 aliphatic heterocycles. The molecule has 204 valence electrons. The third-order valence-corrected chi connectivity index (χ3v) is 7.44. The van der Waals surface area contributed by atoms with Gasteiger partial charge in [0.05, 0.1) is 11.2 Å². The number of fused-ring (bicyclic) bond motifs is 1. The molecule has 1 N–H and O–H groups in total. The molecular weight excluding hydrogens is 473 g/mol. The van der Waals surface area contributed by atoms with E-state index in [9.17, 15) is 19.5 Å². The first-order valence-electron chi connectivity index (χ1n) is 14.0. The largest absolute Gasteiger partial charge is 0.477 e. The van der Waals surface area contributed by atoms with Crippen molar-refractivity contribution in [2.45, 2.75) is 91.0 Å². The fourth-order valence-corrected chi connectivity index (χ4v) is 5.17. The van der Waals surface area contributed by atoms with Crippen molar-refractivity contribution in [1.29, 1.82) is 0 Å². The highest BCUT2D eigenvalue weighted by atomic mass is 19.1. The zero-order valence-electron chi connectivity index (χ0n) is 22.4. The summed E-state index contributed by atoms with van der Waals surface area (Å²) < 4.78 is 16.7. The maximum Gasteiger partial charge on any atom is 0.341 e. The maximum absolute atomic E-state index is 15.1. The number of aryl methyl sites for hydroxylation is 1. The number of carboxylic acid groups (broad SMARTS) is 1. The molecule has 1 aliphatic rings. The molecule has 0 spiro atoms. The van der Waals surface area contributed by atoms with E-state index in [1.807, 2.05) is 16.7 Å². The molecule has 3 rings (SSSR count). The van der Waals surface area contributed by atoms with Crippen LogP contribution in [0.5, 0.6) is 0 Å². The van der Waals surface area contributed by atoms with Gasteiger partial charge in [-0.1, -0.05) is 64.7 Å². The number of benzene rings is 1. The second-order valence-electron chi connectivity index (χ2n) is 10.1. The van der Waals surface area contributed by atoms with Crippen molar-refractivity contribution < 1.29 is 19.1 Å². The van der Waals surface area contributed by atoms with Crippen LogP contribution in [0.3, 0.4) is 0 Å². The number of amides is 1. The van der Waals surface area contributed by atoms with Gasteiger partial charge in [0, 0.05) is 50.7 Å². The smallest absolute Gasteiger partial charge is 0.341 e. The zero-order valence-corrected chi connectivity index (χ0v) is 22.4. The number of rotatable bonds is 14. The molecule has 0 radical (unpaired) electrons. The highest BCUT2D eigenvalue weighted by molar-refractivity contribution is 5.93. The molecule has 0 saturated carbocycles. The number of unbranched alkanes of at least 4 members (excludes halogenated alkanes) is 9.